The van der Waals surface area contributed by atoms with Crippen LogP contribution in [0.2, 0.25) is 0 Å². The van der Waals surface area contributed by atoms with Crippen LogP contribution in [0.15, 0.2) is 28.3 Å². The molecule has 2 aromatic rings. The van der Waals surface area contributed by atoms with Gasteiger partial charge in [0.05, 0.1) is 11.1 Å². The van der Waals surface area contributed by atoms with E-state index in [0.717, 1.165) is 12.2 Å². The van der Waals surface area contributed by atoms with E-state index in [2.05, 4.69) is 9.97 Å². The van der Waals surface area contributed by atoms with Gasteiger partial charge in [0.15, 0.2) is 5.16 Å². The lowest BCUT2D eigenvalue weighted by molar-refractivity contribution is -0.225. The second kappa shape index (κ2) is 6.51. The number of nitrogens with zero attached hydrogens (tertiary/aromatic N) is 5. The van der Waals surface area contributed by atoms with Crippen LogP contribution in [0.3, 0.4) is 0 Å². The Hall–Kier alpha value is -2.54. The molecule has 6 nitrogen and oxygen atoms in total. The Morgan fingerprint density at radius 1 is 1.32 bits per heavy atom. The van der Waals surface area contributed by atoms with E-state index in [9.17, 15) is 23.2 Å². The molecule has 146 valence electrons. The second-order valence-electron chi connectivity index (χ2n) is 7.21. The third-order valence-corrected chi connectivity index (χ3v) is 6.18. The van der Waals surface area contributed by atoms with E-state index in [0.29, 0.717) is 23.1 Å². The summed E-state index contributed by atoms with van der Waals surface area (Å²) in [4.78, 5) is 22.9. The number of halogens is 3. The Bertz CT molecular complexity index is 1020. The Balaban J connectivity index is 1.63. The number of anilines is 1. The topological polar surface area (TPSA) is 74.8 Å². The fourth-order valence-electron chi connectivity index (χ4n) is 3.39. The predicted octanol–water partition coefficient (Wildman–Crippen LogP) is 3.06. The number of fused-ring (bicyclic) bond motifs is 1. The van der Waals surface area contributed by atoms with E-state index in [1.807, 2.05) is 6.07 Å². The minimum atomic E-state index is -4.25. The van der Waals surface area contributed by atoms with E-state index < -0.39 is 11.6 Å². The van der Waals surface area contributed by atoms with Crippen molar-refractivity contribution in [2.45, 2.75) is 31.2 Å². The summed E-state index contributed by atoms with van der Waals surface area (Å²) in [7, 11) is 0. The molecule has 0 bridgehead atoms. The molecule has 1 fully saturated rings. The van der Waals surface area contributed by atoms with Gasteiger partial charge in [-0.05, 0) is 25.5 Å². The number of alkyl halides is 3. The highest BCUT2D eigenvalue weighted by Crippen LogP contribution is 2.46. The quantitative estimate of drug-likeness (QED) is 0.713. The maximum atomic E-state index is 13.0. The average Bonchev–Trinajstić information content (AvgIpc) is 2.65. The summed E-state index contributed by atoms with van der Waals surface area (Å²) in [5.41, 5.74) is -1.40. The van der Waals surface area contributed by atoms with E-state index in [1.165, 1.54) is 29.4 Å². The molecule has 0 atom stereocenters. The molecule has 0 spiro atoms. The van der Waals surface area contributed by atoms with Crippen molar-refractivity contribution in [1.29, 1.82) is 5.26 Å². The van der Waals surface area contributed by atoms with Crippen LogP contribution in [0.4, 0.5) is 19.0 Å². The maximum Gasteiger partial charge on any atom is 0.397 e. The Kier molecular flexibility index (Phi) is 4.38. The molecule has 10 heteroatoms. The summed E-state index contributed by atoms with van der Waals surface area (Å²) >= 11 is 1.46. The molecule has 2 aliphatic rings. The third-order valence-electron chi connectivity index (χ3n) is 5.11. The maximum absolute atomic E-state index is 13.0. The molecule has 0 aliphatic carbocycles. The van der Waals surface area contributed by atoms with Gasteiger partial charge in [-0.2, -0.15) is 18.4 Å². The molecule has 0 aromatic carbocycles. The first-order valence-corrected chi connectivity index (χ1v) is 9.68. The summed E-state index contributed by atoms with van der Waals surface area (Å²) in [6, 6.07) is 5.16. The van der Waals surface area contributed by atoms with Crippen molar-refractivity contribution in [2.75, 3.05) is 23.7 Å². The van der Waals surface area contributed by atoms with Gasteiger partial charge in [-0.25, -0.2) is 9.97 Å². The van der Waals surface area contributed by atoms with Crippen molar-refractivity contribution in [3.8, 4) is 17.3 Å². The fraction of sp³-hybridized carbons (Fsp3) is 0.444. The molecule has 0 radical (unpaired) electrons. The van der Waals surface area contributed by atoms with Gasteiger partial charge >= 0.3 is 6.18 Å². The summed E-state index contributed by atoms with van der Waals surface area (Å²) < 4.78 is 40.5. The number of hydrogen-bond acceptors (Lipinski definition) is 6. The second-order valence-corrected chi connectivity index (χ2v) is 8.27. The highest BCUT2D eigenvalue weighted by molar-refractivity contribution is 7.99. The van der Waals surface area contributed by atoms with Gasteiger partial charge in [-0.1, -0.05) is 11.8 Å². The van der Waals surface area contributed by atoms with Crippen molar-refractivity contribution in [1.82, 2.24) is 14.5 Å². The summed E-state index contributed by atoms with van der Waals surface area (Å²) in [5.74, 6) is 1.27. The van der Waals surface area contributed by atoms with Gasteiger partial charge in [-0.3, -0.25) is 9.36 Å². The van der Waals surface area contributed by atoms with Crippen LogP contribution in [0.1, 0.15) is 18.9 Å². The summed E-state index contributed by atoms with van der Waals surface area (Å²) in [6.45, 7) is 1.43. The normalized spacial score (nSPS) is 18.2. The standard InChI is InChI=1S/C18H16F3N5OS/c1-17(18(19,20)21)9-25(10-17)13-4-3-11(8-23-13)14-12(7-22)15(27)26-5-2-6-28-16(26)24-14/h3-4,8H,2,5-6,9-10H2,1H3. The van der Waals surface area contributed by atoms with Crippen LogP contribution in [-0.2, 0) is 6.54 Å². The van der Waals surface area contributed by atoms with Gasteiger partial charge in [0.2, 0.25) is 0 Å². The minimum absolute atomic E-state index is 0.0469. The lowest BCUT2D eigenvalue weighted by Gasteiger charge is -2.49. The number of hydrogen-bond donors (Lipinski definition) is 0. The van der Waals surface area contributed by atoms with Gasteiger partial charge < -0.3 is 4.90 Å². The monoisotopic (exact) mass is 407 g/mol. The molecular weight excluding hydrogens is 391 g/mol. The Morgan fingerprint density at radius 3 is 2.68 bits per heavy atom. The lowest BCUT2D eigenvalue weighted by atomic mass is 9.81. The molecule has 1 saturated heterocycles. The van der Waals surface area contributed by atoms with Crippen LogP contribution in [-0.4, -0.2) is 39.6 Å². The van der Waals surface area contributed by atoms with Crippen LogP contribution < -0.4 is 10.5 Å². The van der Waals surface area contributed by atoms with Gasteiger partial charge in [0.25, 0.3) is 5.56 Å². The average molecular weight is 407 g/mol. The molecule has 2 aromatic heterocycles. The van der Waals surface area contributed by atoms with E-state index >= 15 is 0 Å². The molecule has 0 amide bonds. The molecule has 0 saturated carbocycles. The van der Waals surface area contributed by atoms with Crippen molar-refractivity contribution in [3.05, 3.63) is 34.2 Å². The van der Waals surface area contributed by atoms with Gasteiger partial charge in [-0.15, -0.1) is 0 Å². The van der Waals surface area contributed by atoms with Gasteiger partial charge in [0.1, 0.15) is 17.5 Å². The minimum Gasteiger partial charge on any atom is -0.355 e. The van der Waals surface area contributed by atoms with Crippen LogP contribution in [0, 0.1) is 16.7 Å². The predicted molar refractivity (Wildman–Crippen MR) is 98.2 cm³/mol. The summed E-state index contributed by atoms with van der Waals surface area (Å²) in [6.07, 6.45) is -1.96. The first-order valence-electron chi connectivity index (χ1n) is 8.69. The fourth-order valence-corrected chi connectivity index (χ4v) is 4.33. The number of nitriles is 1. The zero-order valence-corrected chi connectivity index (χ0v) is 15.8. The largest absolute Gasteiger partial charge is 0.397 e. The molecular formula is C18H16F3N5OS. The first-order chi connectivity index (χ1) is 13.2. The van der Waals surface area contributed by atoms with Crippen molar-refractivity contribution in [2.24, 2.45) is 5.41 Å². The summed E-state index contributed by atoms with van der Waals surface area (Å²) in [5, 5.41) is 10.0. The Labute approximate surface area is 163 Å². The van der Waals surface area contributed by atoms with Crippen molar-refractivity contribution in [3.63, 3.8) is 0 Å². The number of aromatic nitrogens is 3. The SMILES string of the molecule is CC1(C(F)(F)F)CN(c2ccc(-c3nc4n(c(=O)c3C#N)CCCS4)cn2)C1. The van der Waals surface area contributed by atoms with Crippen LogP contribution in [0.25, 0.3) is 11.3 Å². The first kappa shape index (κ1) is 18.8. The third kappa shape index (κ3) is 2.94. The molecule has 28 heavy (non-hydrogen) atoms. The molecule has 4 heterocycles. The van der Waals surface area contributed by atoms with Crippen LogP contribution in [0.5, 0.6) is 0 Å². The molecule has 0 N–H and O–H groups in total. The van der Waals surface area contributed by atoms with E-state index in [-0.39, 0.29) is 29.9 Å². The molecule has 0 unspecified atom stereocenters. The highest BCUT2D eigenvalue weighted by atomic mass is 32.2. The zero-order chi connectivity index (χ0) is 20.1. The lowest BCUT2D eigenvalue weighted by Crippen LogP contribution is -2.62. The van der Waals surface area contributed by atoms with Crippen LogP contribution >= 0.6 is 11.8 Å². The van der Waals surface area contributed by atoms with Gasteiger partial charge in [0, 0.05) is 37.1 Å². The smallest absolute Gasteiger partial charge is 0.355 e. The van der Waals surface area contributed by atoms with Crippen molar-refractivity contribution >= 4 is 17.6 Å². The number of thioether (sulfide) groups is 1. The van der Waals surface area contributed by atoms with E-state index in [1.54, 1.807) is 17.0 Å². The molecule has 2 aliphatic heterocycles. The Morgan fingerprint density at radius 2 is 2.07 bits per heavy atom. The number of rotatable bonds is 2. The molecule has 4 rings (SSSR count). The zero-order valence-electron chi connectivity index (χ0n) is 15.0. The number of pyridine rings is 1. The van der Waals surface area contributed by atoms with Crippen molar-refractivity contribution < 1.29 is 13.2 Å². The highest BCUT2D eigenvalue weighted by Gasteiger charge is 2.58. The van der Waals surface area contributed by atoms with E-state index in [4.69, 9.17) is 0 Å².